The summed E-state index contributed by atoms with van der Waals surface area (Å²) in [6.45, 7) is 4.37. The van der Waals surface area contributed by atoms with Gasteiger partial charge in [-0.2, -0.15) is 0 Å². The predicted molar refractivity (Wildman–Crippen MR) is 103 cm³/mol. The van der Waals surface area contributed by atoms with Crippen LogP contribution in [0.1, 0.15) is 108 Å². The Kier molecular flexibility index (Phi) is 8.92. The predicted octanol–water partition coefficient (Wildman–Crippen LogP) is 7.94. The van der Waals surface area contributed by atoms with Crippen molar-refractivity contribution in [3.8, 4) is 0 Å². The zero-order chi connectivity index (χ0) is 18.1. The van der Waals surface area contributed by atoms with Crippen molar-refractivity contribution in [1.82, 2.24) is 0 Å². The van der Waals surface area contributed by atoms with Crippen LogP contribution in [0.3, 0.4) is 0 Å². The van der Waals surface area contributed by atoms with Gasteiger partial charge in [-0.3, -0.25) is 0 Å². The van der Waals surface area contributed by atoms with Crippen LogP contribution in [-0.4, -0.2) is 0 Å². The van der Waals surface area contributed by atoms with Crippen LogP contribution in [0, 0.1) is 17.6 Å². The van der Waals surface area contributed by atoms with Crippen LogP contribution in [0.4, 0.5) is 8.78 Å². The summed E-state index contributed by atoms with van der Waals surface area (Å²) in [4.78, 5) is 0. The van der Waals surface area contributed by atoms with E-state index in [2.05, 4.69) is 13.8 Å². The molecule has 2 heteroatoms. The highest BCUT2D eigenvalue weighted by atomic mass is 19.2. The Morgan fingerprint density at radius 2 is 1.48 bits per heavy atom. The quantitative estimate of drug-likeness (QED) is 0.376. The topological polar surface area (TPSA) is 0 Å². The zero-order valence-electron chi connectivity index (χ0n) is 16.3. The van der Waals surface area contributed by atoms with Crippen LogP contribution in [0.25, 0.3) is 0 Å². The molecular weight excluding hydrogens is 314 g/mol. The lowest BCUT2D eigenvalue weighted by Gasteiger charge is -2.29. The first kappa shape index (κ1) is 20.4. The van der Waals surface area contributed by atoms with Crippen molar-refractivity contribution in [2.75, 3.05) is 0 Å². The first-order valence-electron chi connectivity index (χ1n) is 10.6. The van der Waals surface area contributed by atoms with Crippen LogP contribution in [-0.2, 0) is 6.42 Å². The molecular formula is C23H36F2. The Balaban J connectivity index is 1.87. The molecule has 0 N–H and O–H groups in total. The largest absolute Gasteiger partial charge is 0.203 e. The molecule has 0 heterocycles. The van der Waals surface area contributed by atoms with Gasteiger partial charge in [-0.1, -0.05) is 70.9 Å². The summed E-state index contributed by atoms with van der Waals surface area (Å²) >= 11 is 0. The van der Waals surface area contributed by atoms with Gasteiger partial charge in [-0.15, -0.1) is 0 Å². The molecule has 0 amide bonds. The van der Waals surface area contributed by atoms with Crippen molar-refractivity contribution >= 4 is 0 Å². The van der Waals surface area contributed by atoms with E-state index < -0.39 is 11.6 Å². The van der Waals surface area contributed by atoms with Crippen molar-refractivity contribution in [2.45, 2.75) is 103 Å². The van der Waals surface area contributed by atoms with E-state index in [-0.39, 0.29) is 5.92 Å². The van der Waals surface area contributed by atoms with Gasteiger partial charge in [0, 0.05) is 0 Å². The highest BCUT2D eigenvalue weighted by Gasteiger charge is 2.26. The number of benzene rings is 1. The molecule has 0 unspecified atom stereocenters. The molecule has 0 saturated heterocycles. The molecule has 1 aliphatic rings. The Morgan fingerprint density at radius 1 is 0.800 bits per heavy atom. The monoisotopic (exact) mass is 350 g/mol. The van der Waals surface area contributed by atoms with Gasteiger partial charge in [-0.25, -0.2) is 8.78 Å². The Bertz CT molecular complexity index is 501. The normalized spacial score (nSPS) is 20.8. The van der Waals surface area contributed by atoms with Gasteiger partial charge in [0.2, 0.25) is 0 Å². The van der Waals surface area contributed by atoms with E-state index in [0.29, 0.717) is 17.5 Å². The number of hydrogen-bond acceptors (Lipinski definition) is 0. The van der Waals surface area contributed by atoms with Gasteiger partial charge < -0.3 is 0 Å². The van der Waals surface area contributed by atoms with Crippen molar-refractivity contribution in [2.24, 2.45) is 5.92 Å². The van der Waals surface area contributed by atoms with Crippen molar-refractivity contribution in [3.63, 3.8) is 0 Å². The summed E-state index contributed by atoms with van der Waals surface area (Å²) in [6, 6.07) is 3.70. The van der Waals surface area contributed by atoms with Gasteiger partial charge in [-0.05, 0) is 61.5 Å². The van der Waals surface area contributed by atoms with Gasteiger partial charge in [0.25, 0.3) is 0 Å². The maximum absolute atomic E-state index is 14.6. The second-order valence-electron chi connectivity index (χ2n) is 7.97. The lowest BCUT2D eigenvalue weighted by molar-refractivity contribution is 0.297. The Morgan fingerprint density at radius 3 is 2.16 bits per heavy atom. The van der Waals surface area contributed by atoms with Gasteiger partial charge in [0.05, 0.1) is 0 Å². The minimum Gasteiger partial charge on any atom is -0.203 e. The van der Waals surface area contributed by atoms with Crippen molar-refractivity contribution in [1.29, 1.82) is 0 Å². The molecule has 0 spiro atoms. The van der Waals surface area contributed by atoms with Crippen LogP contribution < -0.4 is 0 Å². The third-order valence-corrected chi connectivity index (χ3v) is 5.99. The summed E-state index contributed by atoms with van der Waals surface area (Å²) in [6.07, 6.45) is 14.8. The number of rotatable bonds is 10. The Labute approximate surface area is 153 Å². The molecule has 0 bridgehead atoms. The van der Waals surface area contributed by atoms with E-state index in [1.807, 2.05) is 12.1 Å². The maximum atomic E-state index is 14.6. The molecule has 0 radical (unpaired) electrons. The minimum atomic E-state index is -0.588. The summed E-state index contributed by atoms with van der Waals surface area (Å²) in [7, 11) is 0. The van der Waals surface area contributed by atoms with E-state index in [1.54, 1.807) is 0 Å². The maximum Gasteiger partial charge on any atom is 0.162 e. The summed E-state index contributed by atoms with van der Waals surface area (Å²) in [5, 5.41) is 0. The number of hydrogen-bond donors (Lipinski definition) is 0. The molecule has 0 atom stereocenters. The number of halogens is 2. The second kappa shape index (κ2) is 10.9. The molecule has 0 aliphatic heterocycles. The zero-order valence-corrected chi connectivity index (χ0v) is 16.3. The van der Waals surface area contributed by atoms with E-state index in [9.17, 15) is 8.78 Å². The van der Waals surface area contributed by atoms with Gasteiger partial charge >= 0.3 is 0 Å². The molecule has 1 aromatic rings. The minimum absolute atomic E-state index is 0.214. The lowest BCUT2D eigenvalue weighted by atomic mass is 9.76. The molecule has 0 nitrogen and oxygen atoms in total. The average Bonchev–Trinajstić information content (AvgIpc) is 2.63. The van der Waals surface area contributed by atoms with Crippen LogP contribution in [0.5, 0.6) is 0 Å². The molecule has 25 heavy (non-hydrogen) atoms. The lowest BCUT2D eigenvalue weighted by Crippen LogP contribution is -2.15. The van der Waals surface area contributed by atoms with E-state index in [4.69, 9.17) is 0 Å². The fraction of sp³-hybridized carbons (Fsp3) is 0.739. The van der Waals surface area contributed by atoms with Crippen LogP contribution >= 0.6 is 0 Å². The van der Waals surface area contributed by atoms with E-state index >= 15 is 0 Å². The molecule has 1 fully saturated rings. The second-order valence-corrected chi connectivity index (χ2v) is 7.97. The van der Waals surface area contributed by atoms with Gasteiger partial charge in [0.15, 0.2) is 11.6 Å². The molecule has 0 aromatic heterocycles. The SMILES string of the molecule is CCCCCC[C@H]1CC[C@H](c2ccc(CCCCC)c(F)c2F)CC1. The van der Waals surface area contributed by atoms with Crippen molar-refractivity contribution < 1.29 is 8.78 Å². The molecule has 2 rings (SSSR count). The third-order valence-electron chi connectivity index (χ3n) is 5.99. The van der Waals surface area contributed by atoms with E-state index in [1.165, 1.54) is 44.9 Å². The highest BCUT2D eigenvalue weighted by molar-refractivity contribution is 5.29. The molecule has 1 saturated carbocycles. The third kappa shape index (κ3) is 6.08. The molecule has 1 aliphatic carbocycles. The first-order valence-corrected chi connectivity index (χ1v) is 10.6. The summed E-state index contributed by atoms with van der Waals surface area (Å²) in [5.74, 6) is -0.142. The van der Waals surface area contributed by atoms with Crippen molar-refractivity contribution in [3.05, 3.63) is 34.9 Å². The van der Waals surface area contributed by atoms with E-state index in [0.717, 1.165) is 38.0 Å². The Hall–Kier alpha value is -0.920. The average molecular weight is 351 g/mol. The smallest absolute Gasteiger partial charge is 0.162 e. The number of aryl methyl sites for hydroxylation is 1. The highest BCUT2D eigenvalue weighted by Crippen LogP contribution is 2.39. The fourth-order valence-corrected chi connectivity index (χ4v) is 4.30. The standard InChI is InChI=1S/C23H36F2/c1-3-5-7-9-10-18-12-14-19(15-13-18)21-17-16-20(11-8-6-4-2)22(24)23(21)25/h16-19H,3-15H2,1-2H3/t18-,19-. The molecule has 1 aromatic carbocycles. The summed E-state index contributed by atoms with van der Waals surface area (Å²) < 4.78 is 29.0. The summed E-state index contributed by atoms with van der Waals surface area (Å²) in [5.41, 5.74) is 1.18. The van der Waals surface area contributed by atoms with Gasteiger partial charge in [0.1, 0.15) is 0 Å². The fourth-order valence-electron chi connectivity index (χ4n) is 4.30. The number of unbranched alkanes of at least 4 members (excludes halogenated alkanes) is 5. The molecule has 142 valence electrons. The van der Waals surface area contributed by atoms with Crippen LogP contribution in [0.2, 0.25) is 0 Å². The first-order chi connectivity index (χ1) is 12.2. The van der Waals surface area contributed by atoms with Crippen LogP contribution in [0.15, 0.2) is 12.1 Å².